The zero-order valence-corrected chi connectivity index (χ0v) is 14.3. The lowest BCUT2D eigenvalue weighted by molar-refractivity contribution is 0.423. The van der Waals surface area contributed by atoms with Crippen molar-refractivity contribution in [3.63, 3.8) is 0 Å². The number of nitrogens with zero attached hydrogens (tertiary/aromatic N) is 4. The molecule has 5 nitrogen and oxygen atoms in total. The first-order valence-corrected chi connectivity index (χ1v) is 8.77. The van der Waals surface area contributed by atoms with Gasteiger partial charge in [0.2, 0.25) is 5.16 Å². The van der Waals surface area contributed by atoms with E-state index in [2.05, 4.69) is 55.0 Å². The SMILES string of the molecule is CNCc1ccc(Br)cc1Sc1nnnn1C1CCCC1. The molecule has 0 amide bonds. The maximum Gasteiger partial charge on any atom is 0.214 e. The van der Waals surface area contributed by atoms with Crippen molar-refractivity contribution in [1.82, 2.24) is 25.5 Å². The van der Waals surface area contributed by atoms with E-state index in [-0.39, 0.29) is 0 Å². The molecule has 1 N–H and O–H groups in total. The summed E-state index contributed by atoms with van der Waals surface area (Å²) >= 11 is 5.19. The van der Waals surface area contributed by atoms with E-state index < -0.39 is 0 Å². The number of nitrogens with one attached hydrogen (secondary N) is 1. The fraction of sp³-hybridized carbons (Fsp3) is 0.500. The average molecular weight is 368 g/mol. The van der Waals surface area contributed by atoms with Crippen LogP contribution < -0.4 is 5.32 Å². The van der Waals surface area contributed by atoms with E-state index in [0.717, 1.165) is 16.2 Å². The van der Waals surface area contributed by atoms with Crippen molar-refractivity contribution in [3.05, 3.63) is 28.2 Å². The first-order chi connectivity index (χ1) is 10.3. The van der Waals surface area contributed by atoms with E-state index in [1.807, 2.05) is 11.7 Å². The molecule has 0 aliphatic heterocycles. The molecule has 1 aromatic carbocycles. The molecular weight excluding hydrogens is 350 g/mol. The van der Waals surface area contributed by atoms with Crippen LogP contribution >= 0.6 is 27.7 Å². The number of halogens is 1. The molecule has 0 spiro atoms. The van der Waals surface area contributed by atoms with Gasteiger partial charge in [-0.05, 0) is 59.8 Å². The third-order valence-corrected chi connectivity index (χ3v) is 5.28. The van der Waals surface area contributed by atoms with Crippen molar-refractivity contribution in [2.24, 2.45) is 0 Å². The minimum Gasteiger partial charge on any atom is -0.316 e. The third kappa shape index (κ3) is 3.46. The lowest BCUT2D eigenvalue weighted by atomic mass is 10.2. The fourth-order valence-electron chi connectivity index (χ4n) is 2.69. The van der Waals surface area contributed by atoms with Crippen molar-refractivity contribution in [2.75, 3.05) is 7.05 Å². The number of hydrogen-bond donors (Lipinski definition) is 1. The molecule has 1 heterocycles. The van der Waals surface area contributed by atoms with E-state index in [4.69, 9.17) is 0 Å². The van der Waals surface area contributed by atoms with Gasteiger partial charge >= 0.3 is 0 Å². The maximum atomic E-state index is 4.22. The minimum absolute atomic E-state index is 0.461. The van der Waals surface area contributed by atoms with Crippen LogP contribution in [0.4, 0.5) is 0 Å². The van der Waals surface area contributed by atoms with Gasteiger partial charge in [0.05, 0.1) is 6.04 Å². The molecule has 0 unspecified atom stereocenters. The average Bonchev–Trinajstić information content (AvgIpc) is 3.12. The lowest BCUT2D eigenvalue weighted by Gasteiger charge is -2.12. The molecular formula is C14H18BrN5S. The molecule has 1 saturated carbocycles. The number of aromatic nitrogens is 4. The second kappa shape index (κ2) is 6.89. The van der Waals surface area contributed by atoms with Crippen LogP contribution in [0.1, 0.15) is 37.3 Å². The van der Waals surface area contributed by atoms with Gasteiger partial charge in [-0.3, -0.25) is 0 Å². The molecule has 3 rings (SSSR count). The first kappa shape index (κ1) is 15.0. The Labute approximate surface area is 137 Å². The summed E-state index contributed by atoms with van der Waals surface area (Å²) in [6.45, 7) is 0.834. The molecule has 1 aliphatic rings. The first-order valence-electron chi connectivity index (χ1n) is 7.16. The third-order valence-electron chi connectivity index (χ3n) is 3.73. The van der Waals surface area contributed by atoms with Crippen LogP contribution in [0.15, 0.2) is 32.7 Å². The van der Waals surface area contributed by atoms with Crippen LogP contribution in [0.2, 0.25) is 0 Å². The Morgan fingerprint density at radius 2 is 2.19 bits per heavy atom. The van der Waals surface area contributed by atoms with E-state index in [1.165, 1.54) is 36.1 Å². The molecule has 0 radical (unpaired) electrons. The van der Waals surface area contributed by atoms with E-state index in [1.54, 1.807) is 11.8 Å². The Morgan fingerprint density at radius 3 is 2.95 bits per heavy atom. The highest BCUT2D eigenvalue weighted by Gasteiger charge is 2.22. The van der Waals surface area contributed by atoms with Crippen LogP contribution in [0.5, 0.6) is 0 Å². The normalized spacial score (nSPS) is 15.7. The predicted molar refractivity (Wildman–Crippen MR) is 86.4 cm³/mol. The molecule has 7 heteroatoms. The van der Waals surface area contributed by atoms with Gasteiger partial charge < -0.3 is 5.32 Å². The highest BCUT2D eigenvalue weighted by molar-refractivity contribution is 9.10. The molecule has 0 saturated heterocycles. The van der Waals surface area contributed by atoms with Crippen LogP contribution in [0.3, 0.4) is 0 Å². The van der Waals surface area contributed by atoms with Crippen LogP contribution in [-0.4, -0.2) is 27.3 Å². The van der Waals surface area contributed by atoms with Crippen molar-refractivity contribution in [1.29, 1.82) is 0 Å². The predicted octanol–water partition coefficient (Wildman–Crippen LogP) is 3.42. The second-order valence-electron chi connectivity index (χ2n) is 5.23. The monoisotopic (exact) mass is 367 g/mol. The molecule has 0 bridgehead atoms. The van der Waals surface area contributed by atoms with Crippen LogP contribution in [-0.2, 0) is 6.54 Å². The smallest absolute Gasteiger partial charge is 0.214 e. The van der Waals surface area contributed by atoms with Crippen molar-refractivity contribution in [3.8, 4) is 0 Å². The number of rotatable bonds is 5. The van der Waals surface area contributed by atoms with Gasteiger partial charge in [0, 0.05) is 15.9 Å². The summed E-state index contributed by atoms with van der Waals surface area (Å²) in [6, 6.07) is 6.79. The summed E-state index contributed by atoms with van der Waals surface area (Å²) in [4.78, 5) is 1.19. The standard InChI is InChI=1S/C14H18BrN5S/c1-16-9-10-6-7-11(15)8-13(10)21-14-17-18-19-20(14)12-4-2-3-5-12/h6-8,12,16H,2-5,9H2,1H3. The molecule has 0 atom stereocenters. The molecule has 2 aromatic rings. The number of benzene rings is 1. The highest BCUT2D eigenvalue weighted by Crippen LogP contribution is 2.35. The largest absolute Gasteiger partial charge is 0.316 e. The van der Waals surface area contributed by atoms with Gasteiger partial charge in [-0.15, -0.1) is 5.10 Å². The minimum atomic E-state index is 0.461. The number of tetrazole rings is 1. The Morgan fingerprint density at radius 1 is 1.38 bits per heavy atom. The van der Waals surface area contributed by atoms with Crippen molar-refractivity contribution >= 4 is 27.7 Å². The topological polar surface area (TPSA) is 55.6 Å². The summed E-state index contributed by atoms with van der Waals surface area (Å²) in [5.74, 6) is 0. The number of hydrogen-bond acceptors (Lipinski definition) is 5. The summed E-state index contributed by atoms with van der Waals surface area (Å²) in [6.07, 6.45) is 4.91. The summed E-state index contributed by atoms with van der Waals surface area (Å²) < 4.78 is 3.08. The second-order valence-corrected chi connectivity index (χ2v) is 7.15. The molecule has 1 aliphatic carbocycles. The Hall–Kier alpha value is -0.920. The van der Waals surface area contributed by atoms with Gasteiger partial charge in [-0.2, -0.15) is 0 Å². The summed E-state index contributed by atoms with van der Waals surface area (Å²) in [5, 5.41) is 16.4. The van der Waals surface area contributed by atoms with Gasteiger partial charge in [0.25, 0.3) is 0 Å². The zero-order chi connectivity index (χ0) is 14.7. The van der Waals surface area contributed by atoms with Crippen LogP contribution in [0, 0.1) is 0 Å². The van der Waals surface area contributed by atoms with Gasteiger partial charge in [-0.1, -0.05) is 34.8 Å². The molecule has 112 valence electrons. The molecule has 1 fully saturated rings. The van der Waals surface area contributed by atoms with E-state index in [0.29, 0.717) is 6.04 Å². The summed E-state index contributed by atoms with van der Waals surface area (Å²) in [7, 11) is 1.96. The van der Waals surface area contributed by atoms with E-state index >= 15 is 0 Å². The summed E-state index contributed by atoms with van der Waals surface area (Å²) in [5.41, 5.74) is 1.26. The van der Waals surface area contributed by atoms with E-state index in [9.17, 15) is 0 Å². The maximum absolute atomic E-state index is 4.22. The Kier molecular flexibility index (Phi) is 4.92. The van der Waals surface area contributed by atoms with Gasteiger partial charge in [0.1, 0.15) is 0 Å². The van der Waals surface area contributed by atoms with Crippen molar-refractivity contribution < 1.29 is 0 Å². The highest BCUT2D eigenvalue weighted by atomic mass is 79.9. The molecule has 1 aromatic heterocycles. The van der Waals surface area contributed by atoms with Crippen LogP contribution in [0.25, 0.3) is 0 Å². The van der Waals surface area contributed by atoms with Gasteiger partial charge in [0.15, 0.2) is 0 Å². The Balaban J connectivity index is 1.86. The fourth-order valence-corrected chi connectivity index (χ4v) is 4.21. The van der Waals surface area contributed by atoms with Gasteiger partial charge in [-0.25, -0.2) is 4.68 Å². The Bertz CT molecular complexity index is 609. The molecule has 21 heavy (non-hydrogen) atoms. The lowest BCUT2D eigenvalue weighted by Crippen LogP contribution is -2.09. The zero-order valence-electron chi connectivity index (χ0n) is 11.9. The quantitative estimate of drug-likeness (QED) is 0.877. The van der Waals surface area contributed by atoms with Crippen molar-refractivity contribution in [2.45, 2.75) is 48.3 Å².